The molecule has 22 heavy (non-hydrogen) atoms. The number of hydrogen-bond acceptors (Lipinski definition) is 4. The summed E-state index contributed by atoms with van der Waals surface area (Å²) in [5.41, 5.74) is 1.57. The Balaban J connectivity index is 1.49. The van der Waals surface area contributed by atoms with E-state index in [0.29, 0.717) is 25.6 Å². The highest BCUT2D eigenvalue weighted by Crippen LogP contribution is 2.44. The van der Waals surface area contributed by atoms with Gasteiger partial charge in [-0.3, -0.25) is 4.79 Å². The van der Waals surface area contributed by atoms with Crippen molar-refractivity contribution in [3.05, 3.63) is 32.3 Å². The Morgan fingerprint density at radius 2 is 2.18 bits per heavy atom. The maximum absolute atomic E-state index is 12.4. The Kier molecular flexibility index (Phi) is 3.77. The van der Waals surface area contributed by atoms with Crippen LogP contribution in [0.4, 0.5) is 5.13 Å². The number of fused-ring (bicyclic) bond motifs is 2. The van der Waals surface area contributed by atoms with E-state index in [1.807, 2.05) is 5.38 Å². The van der Waals surface area contributed by atoms with Crippen LogP contribution in [0.1, 0.15) is 12.8 Å². The van der Waals surface area contributed by atoms with Crippen molar-refractivity contribution in [3.8, 4) is 11.3 Å². The van der Waals surface area contributed by atoms with Gasteiger partial charge in [0.05, 0.1) is 10.0 Å². The van der Waals surface area contributed by atoms with Gasteiger partial charge in [0, 0.05) is 16.9 Å². The Labute approximate surface area is 146 Å². The number of carbonyl (C=O) groups is 1. The molecule has 4 rings (SSSR count). The normalized spacial score (nSPS) is 25.8. The highest BCUT2D eigenvalue weighted by Gasteiger charge is 2.39. The van der Waals surface area contributed by atoms with Gasteiger partial charge in [0.1, 0.15) is 4.34 Å². The van der Waals surface area contributed by atoms with Crippen molar-refractivity contribution in [3.63, 3.8) is 0 Å². The van der Waals surface area contributed by atoms with Crippen LogP contribution in [0.15, 0.2) is 23.6 Å². The summed E-state index contributed by atoms with van der Waals surface area (Å²) in [5.74, 6) is 1.14. The number of nitrogens with zero attached hydrogens (tertiary/aromatic N) is 1. The van der Waals surface area contributed by atoms with Crippen molar-refractivity contribution in [1.82, 2.24) is 4.98 Å². The van der Waals surface area contributed by atoms with E-state index in [2.05, 4.69) is 22.5 Å². The van der Waals surface area contributed by atoms with Crippen molar-refractivity contribution in [2.45, 2.75) is 12.8 Å². The summed E-state index contributed by atoms with van der Waals surface area (Å²) in [6, 6.07) is 1.80. The second kappa shape index (κ2) is 5.64. The summed E-state index contributed by atoms with van der Waals surface area (Å²) in [5, 5.41) is 5.45. The standard InChI is InChI=1S/C15H12Cl2N2OS2/c16-12-5-10(13(17)22-12)11-6-21-15(18-11)19-14(20)9-4-7-1-2-8(9)3-7/h1-2,5-9H,3-4H2,(H,18,19,20)/t7-,8-,9-/m0/s1. The fourth-order valence-corrected chi connectivity index (χ4v) is 5.44. The van der Waals surface area contributed by atoms with E-state index in [-0.39, 0.29) is 11.8 Å². The van der Waals surface area contributed by atoms with Gasteiger partial charge in [-0.2, -0.15) is 0 Å². The van der Waals surface area contributed by atoms with Crippen LogP contribution < -0.4 is 5.32 Å². The van der Waals surface area contributed by atoms with E-state index in [4.69, 9.17) is 23.2 Å². The molecule has 1 fully saturated rings. The van der Waals surface area contributed by atoms with Gasteiger partial charge in [-0.05, 0) is 30.7 Å². The average molecular weight is 371 g/mol. The Morgan fingerprint density at radius 3 is 2.82 bits per heavy atom. The molecular formula is C15H12Cl2N2OS2. The highest BCUT2D eigenvalue weighted by molar-refractivity contribution is 7.20. The summed E-state index contributed by atoms with van der Waals surface area (Å²) in [6.45, 7) is 0. The van der Waals surface area contributed by atoms with E-state index < -0.39 is 0 Å². The number of thiophene rings is 1. The van der Waals surface area contributed by atoms with E-state index in [1.165, 1.54) is 22.7 Å². The molecule has 114 valence electrons. The molecule has 2 aromatic rings. The maximum Gasteiger partial charge on any atom is 0.229 e. The van der Waals surface area contributed by atoms with Crippen molar-refractivity contribution in [2.75, 3.05) is 5.32 Å². The van der Waals surface area contributed by atoms with Gasteiger partial charge >= 0.3 is 0 Å². The molecule has 0 saturated heterocycles. The minimum Gasteiger partial charge on any atom is -0.302 e. The van der Waals surface area contributed by atoms with Gasteiger partial charge in [0.2, 0.25) is 5.91 Å². The van der Waals surface area contributed by atoms with Crippen molar-refractivity contribution < 1.29 is 4.79 Å². The number of halogens is 2. The van der Waals surface area contributed by atoms with Gasteiger partial charge in [0.25, 0.3) is 0 Å². The zero-order chi connectivity index (χ0) is 15.3. The van der Waals surface area contributed by atoms with Crippen molar-refractivity contribution in [2.24, 2.45) is 17.8 Å². The van der Waals surface area contributed by atoms with Crippen LogP contribution in [0.3, 0.4) is 0 Å². The van der Waals surface area contributed by atoms with Gasteiger partial charge in [-0.15, -0.1) is 22.7 Å². The highest BCUT2D eigenvalue weighted by atomic mass is 35.5. The summed E-state index contributed by atoms with van der Waals surface area (Å²) < 4.78 is 1.25. The minimum atomic E-state index is 0.0761. The summed E-state index contributed by atoms with van der Waals surface area (Å²) in [7, 11) is 0. The lowest BCUT2D eigenvalue weighted by Crippen LogP contribution is -2.25. The summed E-state index contributed by atoms with van der Waals surface area (Å²) in [6.07, 6.45) is 6.48. The zero-order valence-electron chi connectivity index (χ0n) is 11.4. The number of allylic oxidation sites excluding steroid dienone is 2. The number of amides is 1. The molecule has 0 aromatic carbocycles. The van der Waals surface area contributed by atoms with E-state index in [1.54, 1.807) is 6.07 Å². The number of thiazole rings is 1. The molecule has 7 heteroatoms. The first-order chi connectivity index (χ1) is 10.6. The van der Waals surface area contributed by atoms with Gasteiger partial charge in [-0.25, -0.2) is 4.98 Å². The first-order valence-electron chi connectivity index (χ1n) is 7.00. The van der Waals surface area contributed by atoms with Gasteiger partial charge in [-0.1, -0.05) is 35.4 Å². The smallest absolute Gasteiger partial charge is 0.229 e. The van der Waals surface area contributed by atoms with Crippen LogP contribution >= 0.6 is 45.9 Å². The summed E-state index contributed by atoms with van der Waals surface area (Å²) in [4.78, 5) is 16.9. The zero-order valence-corrected chi connectivity index (χ0v) is 14.5. The fourth-order valence-electron chi connectivity index (χ4n) is 3.25. The molecule has 1 amide bonds. The monoisotopic (exact) mass is 370 g/mol. The molecule has 2 aliphatic rings. The molecule has 3 atom stereocenters. The number of carbonyl (C=O) groups excluding carboxylic acids is 1. The third kappa shape index (κ3) is 2.60. The molecular weight excluding hydrogens is 359 g/mol. The second-order valence-corrected chi connectivity index (χ2v) is 8.80. The predicted molar refractivity (Wildman–Crippen MR) is 92.9 cm³/mol. The fraction of sp³-hybridized carbons (Fsp3) is 0.333. The van der Waals surface area contributed by atoms with Crippen molar-refractivity contribution in [1.29, 1.82) is 0 Å². The van der Waals surface area contributed by atoms with Crippen LogP contribution in [0.5, 0.6) is 0 Å². The minimum absolute atomic E-state index is 0.0761. The molecule has 0 aliphatic heterocycles. The van der Waals surface area contributed by atoms with Crippen molar-refractivity contribution >= 4 is 56.9 Å². The molecule has 2 bridgehead atoms. The number of nitrogens with one attached hydrogen (secondary N) is 1. The maximum atomic E-state index is 12.4. The van der Waals surface area contributed by atoms with E-state index in [0.717, 1.165) is 24.1 Å². The summed E-state index contributed by atoms with van der Waals surface area (Å²) >= 11 is 14.8. The lowest BCUT2D eigenvalue weighted by Gasteiger charge is -2.16. The van der Waals surface area contributed by atoms with Crippen LogP contribution in [0.2, 0.25) is 8.67 Å². The molecule has 2 heterocycles. The lowest BCUT2D eigenvalue weighted by molar-refractivity contribution is -0.120. The Morgan fingerprint density at radius 1 is 1.32 bits per heavy atom. The number of aromatic nitrogens is 1. The molecule has 3 nitrogen and oxygen atoms in total. The average Bonchev–Trinajstić information content (AvgIpc) is 3.23. The molecule has 0 spiro atoms. The molecule has 1 saturated carbocycles. The Hall–Kier alpha value is -0.880. The van der Waals surface area contributed by atoms with Gasteiger partial charge in [0.15, 0.2) is 5.13 Å². The van der Waals surface area contributed by atoms with E-state index >= 15 is 0 Å². The quantitative estimate of drug-likeness (QED) is 0.741. The Bertz CT molecular complexity index is 767. The first-order valence-corrected chi connectivity index (χ1v) is 9.45. The van der Waals surface area contributed by atoms with Crippen LogP contribution in [0.25, 0.3) is 11.3 Å². The lowest BCUT2D eigenvalue weighted by atomic mass is 9.93. The topological polar surface area (TPSA) is 42.0 Å². The van der Waals surface area contributed by atoms with Crippen LogP contribution in [-0.2, 0) is 4.79 Å². The number of anilines is 1. The largest absolute Gasteiger partial charge is 0.302 e. The SMILES string of the molecule is O=C(Nc1nc(-c2cc(Cl)sc2Cl)cs1)[C@H]1C[C@H]2C=C[C@H]1C2. The second-order valence-electron chi connectivity index (χ2n) is 5.65. The molecule has 0 unspecified atom stereocenters. The van der Waals surface area contributed by atoms with Crippen LogP contribution in [0, 0.1) is 17.8 Å². The van der Waals surface area contributed by atoms with Crippen LogP contribution in [-0.4, -0.2) is 10.9 Å². The number of hydrogen-bond donors (Lipinski definition) is 1. The first kappa shape index (κ1) is 14.7. The molecule has 2 aliphatic carbocycles. The third-order valence-electron chi connectivity index (χ3n) is 4.28. The molecule has 1 N–H and O–H groups in total. The van der Waals surface area contributed by atoms with Gasteiger partial charge < -0.3 is 5.32 Å². The third-order valence-corrected chi connectivity index (χ3v) is 6.53. The molecule has 0 radical (unpaired) electrons. The predicted octanol–water partition coefficient (Wildman–Crippen LogP) is 5.33. The number of rotatable bonds is 3. The molecule has 2 aromatic heterocycles. The van der Waals surface area contributed by atoms with E-state index in [9.17, 15) is 4.79 Å².